The minimum atomic E-state index is -2.38. The van der Waals surface area contributed by atoms with Gasteiger partial charge in [-0.05, 0) is 126 Å². The molecule has 9 heterocycles. The number of fused-ring (bicyclic) bond motifs is 14. The summed E-state index contributed by atoms with van der Waals surface area (Å²) in [5.41, 5.74) is 10.6. The summed E-state index contributed by atoms with van der Waals surface area (Å²) in [4.78, 5) is 110. The number of rotatable bonds is 9. The van der Waals surface area contributed by atoms with Crippen LogP contribution in [0.15, 0.2) is 115 Å². The smallest absolute Gasteiger partial charge is 0.333 e. The Balaban J connectivity index is 1.03. The lowest BCUT2D eigenvalue weighted by molar-refractivity contribution is -0.277. The number of methoxy groups -OCH3 is 1. The number of hydrogen-bond acceptors (Lipinski definition) is 32. The zero-order valence-corrected chi connectivity index (χ0v) is 62.5. The van der Waals surface area contributed by atoms with Gasteiger partial charge in [0.2, 0.25) is 53.8 Å². The van der Waals surface area contributed by atoms with Crippen LogP contribution in [-0.2, 0) is 63.7 Å². The third kappa shape index (κ3) is 16.4. The lowest BCUT2D eigenvalue weighted by Gasteiger charge is -2.40. The summed E-state index contributed by atoms with van der Waals surface area (Å²) >= 11 is 7.36. The van der Waals surface area contributed by atoms with Gasteiger partial charge in [-0.3, -0.25) is 28.8 Å². The fourth-order valence-corrected chi connectivity index (χ4v) is 14.9. The molecule has 7 aromatic rings. The van der Waals surface area contributed by atoms with E-state index in [9.17, 15) is 76.0 Å². The number of phenolic OH excluding ortho intramolecular Hbond substituents is 4. The number of halogens is 1. The molecule has 620 valence electrons. The number of amides is 6. The fraction of sp³-hybridized carbons (Fsp3) is 0.372. The molecule has 11 unspecified atom stereocenters. The van der Waals surface area contributed by atoms with E-state index >= 15 is 24.0 Å². The van der Waals surface area contributed by atoms with E-state index in [2.05, 4.69) is 31.9 Å². The van der Waals surface area contributed by atoms with Crippen molar-refractivity contribution in [1.82, 2.24) is 31.9 Å². The minimum absolute atomic E-state index is 0.00887. The zero-order valence-electron chi connectivity index (χ0n) is 61.8. The van der Waals surface area contributed by atoms with E-state index in [0.717, 1.165) is 55.6 Å². The van der Waals surface area contributed by atoms with Crippen LogP contribution in [0.2, 0.25) is 5.02 Å². The number of hydrogen-bond donors (Lipinski definition) is 21. The maximum Gasteiger partial charge on any atom is 0.333 e. The molecule has 0 spiro atoms. The number of aliphatic hydroxyl groups excluding tert-OH is 9. The highest BCUT2D eigenvalue weighted by atomic mass is 35.5. The van der Waals surface area contributed by atoms with Crippen LogP contribution in [0.3, 0.4) is 0 Å². The summed E-state index contributed by atoms with van der Waals surface area (Å²) in [5.74, 6) is -15.1. The molecule has 22 atom stereocenters. The third-order valence-electron chi connectivity index (χ3n) is 21.2. The molecule has 39 heteroatoms. The standard InChI is InChI=1S/C78H81ClN8O30/c1-27-44(93)17-33-19-46(27)112-47-18-30(6-12-43(47)92)55(81)71(102)82-41-14-29-4-9-36(10-5-29)110-49-20-34-21-50(69(49)117-78-67(100)65(98)63(96)52(26-89)115-78)111-45-13-8-32(16-39(45)79)68(116-53-24-40(80)61(94)28(2)109-53)60-75(106)86-59(76(107)108-3)38-22-35(90)23-48(113-77-66(99)64(97)62(95)51(25-88)114-77)54(38)37-15-31(7-11-42(37)91)56(72(103)87-60)84-74(105)58(34)85-73(104)57(33)83-70(41)101/h4-13,15-23,28,40-41,51-53,55-68,77-78,88-100H,14,24-26,80-81H2,1-3H3,(H,82,102)(H,83,101)(H,84,105)(H,85,104)(H,86,106)(H,87,103)/t28-,40-,41?,51-,52-,53?,55?,56?,57?,58?,59?,60?,61-,62-,63-,64+,65+,66+,67-,68?,77?,78?/m1/s1. The van der Waals surface area contributed by atoms with Gasteiger partial charge in [0, 0.05) is 47.2 Å². The first-order valence-electron chi connectivity index (χ1n) is 36.6. The highest BCUT2D eigenvalue weighted by Crippen LogP contribution is 2.51. The predicted molar refractivity (Wildman–Crippen MR) is 396 cm³/mol. The Bertz CT molecular complexity index is 5030. The molecule has 6 amide bonds. The number of ether oxygens (including phenoxy) is 10. The highest BCUT2D eigenvalue weighted by molar-refractivity contribution is 6.32. The van der Waals surface area contributed by atoms with Crippen molar-refractivity contribution in [1.29, 1.82) is 0 Å². The van der Waals surface area contributed by atoms with Crippen molar-refractivity contribution in [2.75, 3.05) is 20.3 Å². The number of benzene rings is 7. The summed E-state index contributed by atoms with van der Waals surface area (Å²) in [6, 6.07) is 6.73. The number of esters is 1. The second-order valence-corrected chi connectivity index (χ2v) is 29.3. The number of nitrogens with one attached hydrogen (secondary N) is 6. The van der Waals surface area contributed by atoms with Gasteiger partial charge < -0.3 is 157 Å². The molecule has 0 radical (unpaired) electrons. The molecule has 23 N–H and O–H groups in total. The molecule has 7 aromatic carbocycles. The van der Waals surface area contributed by atoms with Crippen molar-refractivity contribution >= 4 is 53.0 Å². The number of aromatic hydroxyl groups is 4. The zero-order chi connectivity index (χ0) is 83.6. The third-order valence-corrected chi connectivity index (χ3v) is 21.5. The Morgan fingerprint density at radius 2 is 1.10 bits per heavy atom. The fourth-order valence-electron chi connectivity index (χ4n) is 14.6. The summed E-state index contributed by atoms with van der Waals surface area (Å²) < 4.78 is 62.0. The minimum Gasteiger partial charge on any atom is -0.508 e. The Hall–Kier alpha value is -11.3. The SMILES string of the molecule is COC(=O)C1NC(=O)C2NC(=O)C(NC(=O)C3NC(=O)C4NC(=O)C(Cc5ccc(cc5)Oc5cc3cc(c5OC3O[C@H](CO)[C@@H](O)[C@H](O)[C@H]3O)Oc3ccc(cc3Cl)C2OC2C[C@@H](N)[C@H](O)[C@@H](C)O2)NC(=O)C(N)c2ccc(O)c(c2)Oc2cc4cc(O)c2C)c2ccc(O)c(c2)-c2c(OC3O[C@H](CO)[C@@H](O)[C@H](O)[C@@H]3O)cc(O)cc21. The Morgan fingerprint density at radius 3 is 1.74 bits per heavy atom. The van der Waals surface area contributed by atoms with Crippen molar-refractivity contribution < 1.29 is 147 Å². The van der Waals surface area contributed by atoms with Crippen LogP contribution in [0.25, 0.3) is 11.1 Å². The summed E-state index contributed by atoms with van der Waals surface area (Å²) in [6.07, 6.45) is -26.5. The van der Waals surface area contributed by atoms with E-state index in [4.69, 9.17) is 70.4 Å². The number of aliphatic hydroxyl groups is 9. The van der Waals surface area contributed by atoms with Crippen LogP contribution >= 0.6 is 11.6 Å². The van der Waals surface area contributed by atoms with E-state index in [1.807, 2.05) is 0 Å². The second kappa shape index (κ2) is 33.4. The van der Waals surface area contributed by atoms with Gasteiger partial charge in [-0.1, -0.05) is 41.9 Å². The van der Waals surface area contributed by atoms with Crippen molar-refractivity contribution in [2.24, 2.45) is 11.5 Å². The number of carbonyl (C=O) groups is 7. The molecular formula is C78H81ClN8O30. The van der Waals surface area contributed by atoms with E-state index in [1.165, 1.54) is 80.6 Å². The van der Waals surface area contributed by atoms with Gasteiger partial charge >= 0.3 is 5.97 Å². The topological polar surface area (TPSA) is 599 Å². The van der Waals surface area contributed by atoms with E-state index in [-0.39, 0.29) is 58.1 Å². The van der Waals surface area contributed by atoms with Crippen LogP contribution in [0, 0.1) is 6.92 Å². The first-order chi connectivity index (χ1) is 55.8. The summed E-state index contributed by atoms with van der Waals surface area (Å²) in [5, 5.41) is 161. The maximum atomic E-state index is 16.7. The van der Waals surface area contributed by atoms with Gasteiger partial charge in [0.05, 0.1) is 37.6 Å². The molecule has 9 aliphatic rings. The highest BCUT2D eigenvalue weighted by Gasteiger charge is 2.50. The molecule has 9 aliphatic heterocycles. The van der Waals surface area contributed by atoms with Crippen LogP contribution in [-0.4, -0.2) is 226 Å². The van der Waals surface area contributed by atoms with Gasteiger partial charge in [0.25, 0.3) is 0 Å². The molecule has 16 rings (SSSR count). The lowest BCUT2D eigenvalue weighted by Crippen LogP contribution is -2.60. The van der Waals surface area contributed by atoms with E-state index in [0.29, 0.717) is 5.56 Å². The molecule has 3 fully saturated rings. The van der Waals surface area contributed by atoms with Crippen molar-refractivity contribution in [3.05, 3.63) is 165 Å². The molecular weight excluding hydrogens is 1560 g/mol. The first-order valence-corrected chi connectivity index (χ1v) is 37.0. The Kier molecular flexibility index (Phi) is 23.5. The van der Waals surface area contributed by atoms with Crippen LogP contribution < -0.4 is 67.1 Å². The molecule has 17 bridgehead atoms. The van der Waals surface area contributed by atoms with Crippen LogP contribution in [0.5, 0.6) is 69.0 Å². The number of phenols is 4. The van der Waals surface area contributed by atoms with E-state index in [1.54, 1.807) is 0 Å². The average Bonchev–Trinajstić information content (AvgIpc) is 0.759. The second-order valence-electron chi connectivity index (χ2n) is 28.9. The quantitative estimate of drug-likeness (QED) is 0.0812. The van der Waals surface area contributed by atoms with Gasteiger partial charge in [-0.15, -0.1) is 0 Å². The van der Waals surface area contributed by atoms with Gasteiger partial charge in [-0.2, -0.15) is 0 Å². The molecule has 0 aromatic heterocycles. The molecule has 38 nitrogen and oxygen atoms in total. The normalized spacial score (nSPS) is 30.5. The lowest BCUT2D eigenvalue weighted by atomic mass is 9.89. The van der Waals surface area contributed by atoms with E-state index < -0.39 is 268 Å². The van der Waals surface area contributed by atoms with Gasteiger partial charge in [0.1, 0.15) is 131 Å². The number of nitrogens with two attached hydrogens (primary N) is 2. The largest absolute Gasteiger partial charge is 0.508 e. The Morgan fingerprint density at radius 1 is 0.530 bits per heavy atom. The first kappa shape index (κ1) is 82.3. The monoisotopic (exact) mass is 1640 g/mol. The predicted octanol–water partition coefficient (Wildman–Crippen LogP) is -0.478. The van der Waals surface area contributed by atoms with Gasteiger partial charge in [0.15, 0.2) is 35.3 Å². The van der Waals surface area contributed by atoms with Crippen molar-refractivity contribution in [2.45, 2.75) is 161 Å². The Labute approximate surface area is 667 Å². The molecule has 117 heavy (non-hydrogen) atoms. The summed E-state index contributed by atoms with van der Waals surface area (Å²) in [6.45, 7) is 0.918. The molecule has 3 saturated heterocycles. The van der Waals surface area contributed by atoms with Crippen LogP contribution in [0.1, 0.15) is 94.2 Å². The summed E-state index contributed by atoms with van der Waals surface area (Å²) in [7, 11) is 0.908. The number of carbonyl (C=O) groups excluding carboxylic acids is 7. The average molecular weight is 1650 g/mol. The molecule has 0 saturated carbocycles. The van der Waals surface area contributed by atoms with Crippen molar-refractivity contribution in [3.8, 4) is 80.1 Å². The van der Waals surface area contributed by atoms with Crippen molar-refractivity contribution in [3.63, 3.8) is 0 Å². The van der Waals surface area contributed by atoms with Crippen LogP contribution in [0.4, 0.5) is 0 Å². The molecule has 0 aliphatic carbocycles. The van der Waals surface area contributed by atoms with Gasteiger partial charge in [-0.25, -0.2) is 4.79 Å². The maximum absolute atomic E-state index is 16.7.